The molecule has 5 aromatic rings. The van der Waals surface area contributed by atoms with Gasteiger partial charge in [-0.15, -0.1) is 34.0 Å². The maximum absolute atomic E-state index is 11.6. The van der Waals surface area contributed by atoms with Gasteiger partial charge in [0.05, 0.1) is 0 Å². The van der Waals surface area contributed by atoms with Crippen LogP contribution in [0.15, 0.2) is 81.4 Å². The van der Waals surface area contributed by atoms with Crippen molar-refractivity contribution in [1.29, 1.82) is 0 Å². The molecule has 0 saturated carbocycles. The number of halogens is 1. The van der Waals surface area contributed by atoms with Crippen LogP contribution in [0.4, 0.5) is 25.0 Å². The van der Waals surface area contributed by atoms with Crippen LogP contribution in [0.25, 0.3) is 0 Å². The van der Waals surface area contributed by atoms with Crippen molar-refractivity contribution < 1.29 is 19.1 Å². The van der Waals surface area contributed by atoms with E-state index in [1.54, 1.807) is 10.8 Å². The first-order valence-corrected chi connectivity index (χ1v) is 18.0. The van der Waals surface area contributed by atoms with Crippen molar-refractivity contribution in [2.45, 2.75) is 75.0 Å². The van der Waals surface area contributed by atoms with Gasteiger partial charge < -0.3 is 15.2 Å². The Morgan fingerprint density at radius 2 is 1.04 bits per heavy atom. The predicted octanol–water partition coefficient (Wildman–Crippen LogP) is 11.2. The molecule has 14 heteroatoms. The standard InChI is InChI=1S/C16H16N2O2S.C11H8N2S.C8H11BrN2O2S.3CH4/c1-16(2,3)20-15(19)18-14-17-13(11-21-14)10-9-12-7-5-4-6-8-12;12-11-13-10(8-14-11)7-6-9-4-2-1-3-5-9;1-8(2,3)13-7(12)11-6-10-5(9)4-14-6;;;/h4-8,11H,1-3H3,(H,17,18,19);1-5,8H,(H2,12,13);4H,1-3H3,(H,10,11,12);3*1H4. The molecule has 2 aromatic carbocycles. The molecule has 0 aliphatic carbocycles. The number of nitrogens with zero attached hydrogens (tertiary/aromatic N) is 3. The Labute approximate surface area is 328 Å². The molecule has 0 bridgehead atoms. The first-order valence-electron chi connectivity index (χ1n) is 14.6. The highest BCUT2D eigenvalue weighted by Crippen LogP contribution is 2.20. The fourth-order valence-corrected chi connectivity index (χ4v) is 5.40. The van der Waals surface area contributed by atoms with Gasteiger partial charge in [-0.1, -0.05) is 70.5 Å². The second kappa shape index (κ2) is 23.0. The van der Waals surface area contributed by atoms with Gasteiger partial charge in [-0.05, 0) is 93.6 Å². The van der Waals surface area contributed by atoms with E-state index in [2.05, 4.69) is 65.2 Å². The van der Waals surface area contributed by atoms with Crippen LogP contribution >= 0.6 is 49.9 Å². The van der Waals surface area contributed by atoms with Crippen LogP contribution in [0, 0.1) is 23.7 Å². The average molecular weight is 828 g/mol. The van der Waals surface area contributed by atoms with Crippen molar-refractivity contribution in [1.82, 2.24) is 15.0 Å². The Hall–Kier alpha value is -4.73. The molecule has 3 aromatic heterocycles. The highest BCUT2D eigenvalue weighted by molar-refractivity contribution is 9.10. The Kier molecular flexibility index (Phi) is 20.9. The van der Waals surface area contributed by atoms with Crippen molar-refractivity contribution in [3.63, 3.8) is 0 Å². The van der Waals surface area contributed by atoms with E-state index in [1.807, 2.05) is 108 Å². The van der Waals surface area contributed by atoms with Gasteiger partial charge >= 0.3 is 12.2 Å². The first-order chi connectivity index (χ1) is 23.1. The monoisotopic (exact) mass is 826 g/mol. The number of rotatable bonds is 2. The lowest BCUT2D eigenvalue weighted by Crippen LogP contribution is -2.27. The van der Waals surface area contributed by atoms with E-state index in [-0.39, 0.29) is 22.3 Å². The van der Waals surface area contributed by atoms with Crippen molar-refractivity contribution >= 4 is 77.5 Å². The van der Waals surface area contributed by atoms with Crippen molar-refractivity contribution in [3.8, 4) is 23.7 Å². The lowest BCUT2D eigenvalue weighted by atomic mass is 10.2. The van der Waals surface area contributed by atoms with Gasteiger partial charge in [-0.3, -0.25) is 10.6 Å². The number of nitrogen functional groups attached to an aromatic ring is 1. The van der Waals surface area contributed by atoms with Gasteiger partial charge in [0.25, 0.3) is 0 Å². The Morgan fingerprint density at radius 1 is 0.635 bits per heavy atom. The third-order valence-corrected chi connectivity index (χ3v) is 7.83. The van der Waals surface area contributed by atoms with E-state index >= 15 is 0 Å². The van der Waals surface area contributed by atoms with Crippen LogP contribution in [-0.2, 0) is 9.47 Å². The number of hydrogen-bond acceptors (Lipinski definition) is 11. The summed E-state index contributed by atoms with van der Waals surface area (Å²) >= 11 is 7.24. The van der Waals surface area contributed by atoms with Gasteiger partial charge in [-0.25, -0.2) is 24.5 Å². The minimum atomic E-state index is -0.530. The van der Waals surface area contributed by atoms with E-state index < -0.39 is 23.4 Å². The molecule has 3 heterocycles. The molecule has 10 nitrogen and oxygen atoms in total. The average Bonchev–Trinajstić information content (AvgIpc) is 3.76. The molecule has 5 rings (SSSR count). The summed E-state index contributed by atoms with van der Waals surface area (Å²) in [7, 11) is 0. The minimum absolute atomic E-state index is 0. The van der Waals surface area contributed by atoms with E-state index in [9.17, 15) is 9.59 Å². The molecular formula is C38H47BrN6O4S3. The van der Waals surface area contributed by atoms with Crippen LogP contribution in [0.3, 0.4) is 0 Å². The summed E-state index contributed by atoms with van der Waals surface area (Å²) in [6, 6.07) is 19.5. The van der Waals surface area contributed by atoms with Crippen LogP contribution in [0.1, 0.15) is 86.3 Å². The second-order valence-electron chi connectivity index (χ2n) is 11.6. The van der Waals surface area contributed by atoms with Gasteiger partial charge in [0, 0.05) is 27.3 Å². The second-order valence-corrected chi connectivity index (χ2v) is 15.0. The van der Waals surface area contributed by atoms with Crippen molar-refractivity contribution in [3.05, 3.63) is 104 Å². The third kappa shape index (κ3) is 20.2. The maximum Gasteiger partial charge on any atom is 0.413 e. The number of aromatic nitrogens is 3. The summed E-state index contributed by atoms with van der Waals surface area (Å²) in [6.07, 6.45) is -1.00. The fourth-order valence-electron chi connectivity index (χ4n) is 3.14. The number of carbonyl (C=O) groups is 2. The van der Waals surface area contributed by atoms with E-state index in [0.29, 0.717) is 25.7 Å². The first kappa shape index (κ1) is 47.3. The molecule has 0 spiro atoms. The number of ether oxygens (including phenoxy) is 2. The number of amides is 2. The number of hydrogen-bond donors (Lipinski definition) is 3. The van der Waals surface area contributed by atoms with Crippen LogP contribution in [-0.4, -0.2) is 38.3 Å². The normalized spacial score (nSPS) is 9.67. The van der Waals surface area contributed by atoms with E-state index in [0.717, 1.165) is 16.8 Å². The quantitative estimate of drug-likeness (QED) is 0.149. The summed E-state index contributed by atoms with van der Waals surface area (Å²) in [6.45, 7) is 10.9. The molecular weight excluding hydrogens is 781 g/mol. The van der Waals surface area contributed by atoms with E-state index in [4.69, 9.17) is 15.2 Å². The zero-order valence-corrected chi connectivity index (χ0v) is 31.7. The summed E-state index contributed by atoms with van der Waals surface area (Å²) in [5.74, 6) is 11.9. The van der Waals surface area contributed by atoms with Gasteiger partial charge in [-0.2, -0.15) is 0 Å². The number of anilines is 3. The Balaban J connectivity index is 0.000000751. The molecule has 0 radical (unpaired) electrons. The fraction of sp³-hybridized carbons (Fsp3) is 0.289. The predicted molar refractivity (Wildman–Crippen MR) is 223 cm³/mol. The maximum atomic E-state index is 11.6. The van der Waals surface area contributed by atoms with Crippen LogP contribution in [0.2, 0.25) is 0 Å². The van der Waals surface area contributed by atoms with Gasteiger partial charge in [0.1, 0.15) is 27.2 Å². The van der Waals surface area contributed by atoms with Crippen LogP contribution in [0.5, 0.6) is 0 Å². The highest BCUT2D eigenvalue weighted by Gasteiger charge is 2.18. The molecule has 2 amide bonds. The zero-order valence-electron chi connectivity index (χ0n) is 27.7. The smallest absolute Gasteiger partial charge is 0.413 e. The molecule has 52 heavy (non-hydrogen) atoms. The minimum Gasteiger partial charge on any atom is -0.444 e. The largest absolute Gasteiger partial charge is 0.444 e. The lowest BCUT2D eigenvalue weighted by Gasteiger charge is -2.18. The number of thiazole rings is 3. The molecule has 0 aliphatic heterocycles. The van der Waals surface area contributed by atoms with Crippen molar-refractivity contribution in [2.75, 3.05) is 16.4 Å². The summed E-state index contributed by atoms with van der Waals surface area (Å²) < 4.78 is 10.9. The topological polar surface area (TPSA) is 141 Å². The molecule has 0 aliphatic rings. The summed E-state index contributed by atoms with van der Waals surface area (Å²) in [5.41, 5.74) is 7.73. The molecule has 0 unspecified atom stereocenters. The number of nitrogens with two attached hydrogens (primary N) is 1. The lowest BCUT2D eigenvalue weighted by molar-refractivity contribution is 0.0624. The summed E-state index contributed by atoms with van der Waals surface area (Å²) in [5, 5.41) is 12.1. The highest BCUT2D eigenvalue weighted by atomic mass is 79.9. The van der Waals surface area contributed by atoms with Gasteiger partial charge in [0.15, 0.2) is 15.4 Å². The summed E-state index contributed by atoms with van der Waals surface area (Å²) in [4.78, 5) is 35.1. The third-order valence-electron chi connectivity index (χ3n) is 4.94. The number of carbonyl (C=O) groups excluding carboxylic acids is 2. The zero-order chi connectivity index (χ0) is 35.9. The molecule has 0 saturated heterocycles. The molecule has 278 valence electrons. The number of nitrogens with one attached hydrogen (secondary N) is 2. The molecule has 0 fully saturated rings. The Morgan fingerprint density at radius 3 is 1.42 bits per heavy atom. The SMILES string of the molecule is C.C.C.CC(C)(C)OC(=O)Nc1nc(Br)cs1.CC(C)(C)OC(=O)Nc1nc(C#Cc2ccccc2)cs1.Nc1nc(C#Cc2ccccc2)cs1. The Bertz CT molecular complexity index is 1930. The molecule has 4 N–H and O–H groups in total. The molecule has 0 atom stereocenters. The van der Waals surface area contributed by atoms with Crippen molar-refractivity contribution in [2.24, 2.45) is 0 Å². The van der Waals surface area contributed by atoms with Gasteiger partial charge in [0.2, 0.25) is 0 Å². The number of benzene rings is 2. The van der Waals surface area contributed by atoms with E-state index in [1.165, 1.54) is 34.0 Å². The van der Waals surface area contributed by atoms with Crippen LogP contribution < -0.4 is 16.4 Å².